The van der Waals surface area contributed by atoms with Crippen molar-refractivity contribution in [3.8, 4) is 11.4 Å². The SMILES string of the molecule is Cc1cc(-n2nc3cccc(Cl)c3n2)c(O)c(C(C)(C)C)c1. The Hall–Kier alpha value is -2.07. The molecule has 0 saturated heterocycles. The van der Waals surface area contributed by atoms with Crippen molar-refractivity contribution >= 4 is 22.6 Å². The lowest BCUT2D eigenvalue weighted by atomic mass is 9.85. The Bertz CT molecular complexity index is 862. The van der Waals surface area contributed by atoms with Gasteiger partial charge in [-0.3, -0.25) is 0 Å². The van der Waals surface area contributed by atoms with Gasteiger partial charge in [-0.1, -0.05) is 44.5 Å². The van der Waals surface area contributed by atoms with Crippen LogP contribution in [0.1, 0.15) is 31.9 Å². The highest BCUT2D eigenvalue weighted by molar-refractivity contribution is 6.34. The summed E-state index contributed by atoms with van der Waals surface area (Å²) in [4.78, 5) is 1.45. The van der Waals surface area contributed by atoms with Crippen LogP contribution in [0.15, 0.2) is 30.3 Å². The third-order valence-corrected chi connectivity index (χ3v) is 3.93. The van der Waals surface area contributed by atoms with E-state index in [4.69, 9.17) is 11.6 Å². The second-order valence-electron chi connectivity index (χ2n) is 6.53. The minimum absolute atomic E-state index is 0.172. The van der Waals surface area contributed by atoms with Crippen molar-refractivity contribution in [3.63, 3.8) is 0 Å². The van der Waals surface area contributed by atoms with Gasteiger partial charge in [-0.25, -0.2) is 0 Å². The number of phenols is 1. The number of hydrogen-bond acceptors (Lipinski definition) is 3. The van der Waals surface area contributed by atoms with Crippen molar-refractivity contribution in [2.24, 2.45) is 0 Å². The third kappa shape index (κ3) is 2.44. The Morgan fingerprint density at radius 1 is 1.14 bits per heavy atom. The zero-order chi connectivity index (χ0) is 16.1. The summed E-state index contributed by atoms with van der Waals surface area (Å²) in [6, 6.07) is 9.33. The Morgan fingerprint density at radius 2 is 1.86 bits per heavy atom. The summed E-state index contributed by atoms with van der Waals surface area (Å²) in [6.45, 7) is 8.19. The minimum Gasteiger partial charge on any atom is -0.505 e. The summed E-state index contributed by atoms with van der Waals surface area (Å²) < 4.78 is 0. The average molecular weight is 316 g/mol. The van der Waals surface area contributed by atoms with Crippen LogP contribution in [0, 0.1) is 6.92 Å². The number of aryl methyl sites for hydroxylation is 1. The first-order valence-corrected chi connectivity index (χ1v) is 7.51. The molecule has 0 aliphatic rings. The molecule has 0 aliphatic heterocycles. The zero-order valence-electron chi connectivity index (χ0n) is 13.1. The molecular formula is C17H18ClN3O. The topological polar surface area (TPSA) is 50.9 Å². The molecule has 1 heterocycles. The van der Waals surface area contributed by atoms with Crippen molar-refractivity contribution in [2.45, 2.75) is 33.1 Å². The molecule has 0 fully saturated rings. The van der Waals surface area contributed by atoms with Crippen LogP contribution >= 0.6 is 11.6 Å². The number of aromatic hydroxyl groups is 1. The second kappa shape index (κ2) is 4.99. The molecule has 0 aliphatic carbocycles. The van der Waals surface area contributed by atoms with E-state index in [-0.39, 0.29) is 11.2 Å². The smallest absolute Gasteiger partial charge is 0.146 e. The maximum Gasteiger partial charge on any atom is 0.146 e. The van der Waals surface area contributed by atoms with Gasteiger partial charge in [0.1, 0.15) is 22.5 Å². The van der Waals surface area contributed by atoms with Gasteiger partial charge in [0.05, 0.1) is 5.02 Å². The molecule has 5 heteroatoms. The number of rotatable bonds is 1. The molecule has 0 bridgehead atoms. The average Bonchev–Trinajstić information content (AvgIpc) is 2.85. The molecule has 4 nitrogen and oxygen atoms in total. The first kappa shape index (κ1) is 14.9. The summed E-state index contributed by atoms with van der Waals surface area (Å²) in [7, 11) is 0. The second-order valence-corrected chi connectivity index (χ2v) is 6.93. The van der Waals surface area contributed by atoms with Gasteiger partial charge in [0.25, 0.3) is 0 Å². The summed E-state index contributed by atoms with van der Waals surface area (Å²) in [5, 5.41) is 20.1. The molecule has 0 amide bonds. The molecule has 0 atom stereocenters. The van der Waals surface area contributed by atoms with E-state index in [0.29, 0.717) is 21.7 Å². The van der Waals surface area contributed by atoms with E-state index in [1.165, 1.54) is 4.80 Å². The van der Waals surface area contributed by atoms with Crippen molar-refractivity contribution in [2.75, 3.05) is 0 Å². The van der Waals surface area contributed by atoms with Gasteiger partial charge < -0.3 is 5.11 Å². The fourth-order valence-electron chi connectivity index (χ4n) is 2.49. The van der Waals surface area contributed by atoms with Crippen LogP contribution in [0.3, 0.4) is 0 Å². The monoisotopic (exact) mass is 315 g/mol. The molecule has 3 rings (SSSR count). The zero-order valence-corrected chi connectivity index (χ0v) is 13.8. The first-order valence-electron chi connectivity index (χ1n) is 7.13. The standard InChI is InChI=1S/C17H18ClN3O/c1-10-8-11(17(2,3)4)16(22)14(9-10)21-19-13-7-5-6-12(18)15(13)20-21/h5-9,22H,1-4H3. The highest BCUT2D eigenvalue weighted by Gasteiger charge is 2.22. The number of hydrogen-bond donors (Lipinski definition) is 1. The van der Waals surface area contributed by atoms with Crippen LogP contribution < -0.4 is 0 Å². The Kier molecular flexibility index (Phi) is 3.37. The van der Waals surface area contributed by atoms with Gasteiger partial charge in [-0.15, -0.1) is 15.0 Å². The van der Waals surface area contributed by atoms with Crippen molar-refractivity contribution < 1.29 is 5.11 Å². The minimum atomic E-state index is -0.172. The van der Waals surface area contributed by atoms with Crippen LogP contribution in [0.5, 0.6) is 5.75 Å². The summed E-state index contributed by atoms with van der Waals surface area (Å²) in [5.74, 6) is 0.203. The molecule has 1 aromatic heterocycles. The van der Waals surface area contributed by atoms with Crippen molar-refractivity contribution in [3.05, 3.63) is 46.5 Å². The Labute approximate surface area is 134 Å². The predicted molar refractivity (Wildman–Crippen MR) is 89.0 cm³/mol. The quantitative estimate of drug-likeness (QED) is 0.724. The summed E-state index contributed by atoms with van der Waals surface area (Å²) in [6.07, 6.45) is 0. The number of benzene rings is 2. The van der Waals surface area contributed by atoms with Gasteiger partial charge in [-0.05, 0) is 36.1 Å². The molecule has 0 saturated carbocycles. The summed E-state index contributed by atoms with van der Waals surface area (Å²) in [5.41, 5.74) is 3.64. The largest absolute Gasteiger partial charge is 0.505 e. The molecule has 0 unspecified atom stereocenters. The normalized spacial score (nSPS) is 12.0. The highest BCUT2D eigenvalue weighted by Crippen LogP contribution is 2.36. The molecule has 0 radical (unpaired) electrons. The first-order chi connectivity index (χ1) is 10.3. The molecule has 2 aromatic carbocycles. The van der Waals surface area contributed by atoms with Crippen molar-refractivity contribution in [1.29, 1.82) is 0 Å². The number of halogens is 1. The number of aromatic nitrogens is 3. The van der Waals surface area contributed by atoms with Crippen LogP contribution in [0.2, 0.25) is 5.02 Å². The van der Waals surface area contributed by atoms with Crippen LogP contribution in [-0.2, 0) is 5.41 Å². The van der Waals surface area contributed by atoms with E-state index in [1.807, 2.05) is 31.2 Å². The van der Waals surface area contributed by atoms with Gasteiger partial charge in [0, 0.05) is 5.56 Å². The predicted octanol–water partition coefficient (Wildman–Crippen LogP) is 4.39. The van der Waals surface area contributed by atoms with Gasteiger partial charge >= 0.3 is 0 Å². The fourth-order valence-corrected chi connectivity index (χ4v) is 2.70. The molecule has 114 valence electrons. The maximum absolute atomic E-state index is 10.7. The fraction of sp³-hybridized carbons (Fsp3) is 0.294. The van der Waals surface area contributed by atoms with Gasteiger partial charge in [-0.2, -0.15) is 0 Å². The Morgan fingerprint density at radius 3 is 2.50 bits per heavy atom. The van der Waals surface area contributed by atoms with Gasteiger partial charge in [0.15, 0.2) is 0 Å². The molecular weight excluding hydrogens is 298 g/mol. The lowest BCUT2D eigenvalue weighted by Gasteiger charge is -2.22. The van der Waals surface area contributed by atoms with Gasteiger partial charge in [0.2, 0.25) is 0 Å². The van der Waals surface area contributed by atoms with Crippen LogP contribution in [-0.4, -0.2) is 20.1 Å². The molecule has 1 N–H and O–H groups in total. The van der Waals surface area contributed by atoms with Crippen LogP contribution in [0.25, 0.3) is 16.7 Å². The van der Waals surface area contributed by atoms with Crippen LogP contribution in [0.4, 0.5) is 0 Å². The maximum atomic E-state index is 10.7. The van der Waals surface area contributed by atoms with E-state index < -0.39 is 0 Å². The van der Waals surface area contributed by atoms with Crippen molar-refractivity contribution in [1.82, 2.24) is 15.0 Å². The Balaban J connectivity index is 2.26. The summed E-state index contributed by atoms with van der Waals surface area (Å²) >= 11 is 6.15. The molecule has 0 spiro atoms. The van der Waals surface area contributed by atoms with E-state index in [0.717, 1.165) is 11.1 Å². The highest BCUT2D eigenvalue weighted by atomic mass is 35.5. The van der Waals surface area contributed by atoms with E-state index in [2.05, 4.69) is 31.0 Å². The lowest BCUT2D eigenvalue weighted by molar-refractivity contribution is 0.440. The number of phenolic OH excluding ortho intramolecular Hbond substituents is 1. The van der Waals surface area contributed by atoms with E-state index in [9.17, 15) is 5.11 Å². The molecule has 3 aromatic rings. The number of nitrogens with zero attached hydrogens (tertiary/aromatic N) is 3. The third-order valence-electron chi connectivity index (χ3n) is 3.62. The molecule has 22 heavy (non-hydrogen) atoms. The number of fused-ring (bicyclic) bond motifs is 1. The lowest BCUT2D eigenvalue weighted by Crippen LogP contribution is -2.13. The van der Waals surface area contributed by atoms with E-state index in [1.54, 1.807) is 6.07 Å². The van der Waals surface area contributed by atoms with E-state index >= 15 is 0 Å².